The van der Waals surface area contributed by atoms with Crippen molar-refractivity contribution >= 4 is 23.3 Å². The summed E-state index contributed by atoms with van der Waals surface area (Å²) in [5.41, 5.74) is 6.92. The van der Waals surface area contributed by atoms with E-state index in [0.29, 0.717) is 17.9 Å². The monoisotopic (exact) mass is 441 g/mol. The van der Waals surface area contributed by atoms with Crippen LogP contribution in [0.3, 0.4) is 0 Å². The quantitative estimate of drug-likeness (QED) is 0.361. The number of ether oxygens (including phenoxy) is 1. The van der Waals surface area contributed by atoms with Crippen LogP contribution in [0.2, 0.25) is 0 Å². The summed E-state index contributed by atoms with van der Waals surface area (Å²) in [6, 6.07) is 20.4. The molecule has 0 saturated carbocycles. The number of nitrogens with zero attached hydrogens (tertiary/aromatic N) is 2. The molecule has 5 nitrogen and oxygen atoms in total. The van der Waals surface area contributed by atoms with E-state index in [1.807, 2.05) is 49.6 Å². The summed E-state index contributed by atoms with van der Waals surface area (Å²) in [4.78, 5) is 18.9. The van der Waals surface area contributed by atoms with E-state index in [4.69, 9.17) is 4.74 Å². The van der Waals surface area contributed by atoms with E-state index in [1.54, 1.807) is 0 Å². The van der Waals surface area contributed by atoms with Crippen LogP contribution in [0.15, 0.2) is 66.9 Å². The van der Waals surface area contributed by atoms with Crippen LogP contribution in [0.4, 0.5) is 5.69 Å². The van der Waals surface area contributed by atoms with E-state index in [1.165, 1.54) is 5.56 Å². The molecule has 2 aromatic carbocycles. The highest BCUT2D eigenvalue weighted by molar-refractivity contribution is 6.18. The molecule has 0 fully saturated rings. The zero-order chi connectivity index (χ0) is 23.0. The van der Waals surface area contributed by atoms with Gasteiger partial charge in [-0.05, 0) is 36.7 Å². The summed E-state index contributed by atoms with van der Waals surface area (Å²) >= 11 is 0. The molecule has 1 aromatic heterocycles. The first kappa shape index (κ1) is 22.7. The van der Waals surface area contributed by atoms with Gasteiger partial charge in [-0.25, -0.2) is 0 Å². The Balaban J connectivity index is 1.47. The van der Waals surface area contributed by atoms with Gasteiger partial charge in [0.05, 0.1) is 5.57 Å². The van der Waals surface area contributed by atoms with Crippen molar-refractivity contribution < 1.29 is 9.53 Å². The largest absolute Gasteiger partial charge is 0.487 e. The number of benzene rings is 2. The Labute approximate surface area is 196 Å². The molecule has 33 heavy (non-hydrogen) atoms. The number of allylic oxidation sites excluding steroid dienone is 1. The van der Waals surface area contributed by atoms with Gasteiger partial charge in [0.15, 0.2) is 6.29 Å². The molecule has 4 rings (SSSR count). The molecule has 3 aromatic rings. The van der Waals surface area contributed by atoms with Crippen LogP contribution >= 0.6 is 0 Å². The fourth-order valence-corrected chi connectivity index (χ4v) is 4.30. The lowest BCUT2D eigenvalue weighted by Gasteiger charge is -2.20. The van der Waals surface area contributed by atoms with Crippen molar-refractivity contribution in [3.63, 3.8) is 0 Å². The maximum Gasteiger partial charge on any atom is 0.154 e. The third-order valence-electron chi connectivity index (χ3n) is 6.21. The number of rotatable bonds is 10. The van der Waals surface area contributed by atoms with Gasteiger partial charge in [-0.2, -0.15) is 0 Å². The predicted octanol–water partition coefficient (Wildman–Crippen LogP) is 4.83. The molecule has 0 aliphatic carbocycles. The molecule has 5 heteroatoms. The van der Waals surface area contributed by atoms with Gasteiger partial charge >= 0.3 is 0 Å². The number of aromatic nitrogens is 1. The number of pyridine rings is 1. The number of fused-ring (bicyclic) bond motifs is 1. The number of likely N-dealkylation sites (N-methyl/N-ethyl adjacent to an activating group) is 1. The van der Waals surface area contributed by atoms with E-state index in [-0.39, 0.29) is 0 Å². The average molecular weight is 442 g/mol. The molecular formula is C28H31N3O2. The van der Waals surface area contributed by atoms with Gasteiger partial charge in [0, 0.05) is 60.8 Å². The number of carbonyl (C=O) groups excluding carboxylic acids is 1. The Kier molecular flexibility index (Phi) is 7.53. The van der Waals surface area contributed by atoms with Crippen molar-refractivity contribution in [3.05, 3.63) is 94.8 Å². The maximum atomic E-state index is 12.0. The summed E-state index contributed by atoms with van der Waals surface area (Å²) in [7, 11) is 1.86. The molecule has 0 radical (unpaired) electrons. The Hall–Kier alpha value is -3.44. The van der Waals surface area contributed by atoms with E-state index < -0.39 is 0 Å². The van der Waals surface area contributed by atoms with E-state index in [9.17, 15) is 4.79 Å². The first-order valence-corrected chi connectivity index (χ1v) is 11.6. The third kappa shape index (κ3) is 5.32. The van der Waals surface area contributed by atoms with Crippen LogP contribution in [0.25, 0.3) is 11.3 Å². The van der Waals surface area contributed by atoms with Crippen LogP contribution in [0.1, 0.15) is 34.9 Å². The highest BCUT2D eigenvalue weighted by Crippen LogP contribution is 2.37. The molecule has 0 atom stereocenters. The lowest BCUT2D eigenvalue weighted by Crippen LogP contribution is -2.28. The average Bonchev–Trinajstić information content (AvgIpc) is 3.28. The Morgan fingerprint density at radius 1 is 1.09 bits per heavy atom. The summed E-state index contributed by atoms with van der Waals surface area (Å²) in [5.74, 6) is 0.666. The smallest absolute Gasteiger partial charge is 0.154 e. The number of carbonyl (C=O) groups is 1. The minimum atomic E-state index is 0.495. The summed E-state index contributed by atoms with van der Waals surface area (Å²) < 4.78 is 6.02. The molecule has 0 saturated heterocycles. The predicted molar refractivity (Wildman–Crippen MR) is 134 cm³/mol. The zero-order valence-electron chi connectivity index (χ0n) is 19.4. The molecule has 0 bridgehead atoms. The lowest BCUT2D eigenvalue weighted by molar-refractivity contribution is -0.103. The van der Waals surface area contributed by atoms with Gasteiger partial charge in [-0.15, -0.1) is 0 Å². The van der Waals surface area contributed by atoms with E-state index in [2.05, 4.69) is 46.4 Å². The number of hydrogen-bond donors (Lipinski definition) is 1. The first-order valence-electron chi connectivity index (χ1n) is 11.6. The molecule has 1 aliphatic rings. The van der Waals surface area contributed by atoms with E-state index >= 15 is 0 Å². The van der Waals surface area contributed by atoms with Crippen LogP contribution in [0.5, 0.6) is 0 Å². The Morgan fingerprint density at radius 3 is 2.67 bits per heavy atom. The SMILES string of the molecule is CCN(CCc1ccc2c(c1)CO/C2=C(/C=O)c1ccccc1NC)CCc1ccccn1. The number of nitrogens with one attached hydrogen (secondary N) is 1. The molecule has 2 heterocycles. The molecule has 1 N–H and O–H groups in total. The number of hydrogen-bond acceptors (Lipinski definition) is 5. The second-order valence-electron chi connectivity index (χ2n) is 8.19. The van der Waals surface area contributed by atoms with Crippen LogP contribution < -0.4 is 5.32 Å². The van der Waals surface area contributed by atoms with Gasteiger partial charge in [0.2, 0.25) is 0 Å². The summed E-state index contributed by atoms with van der Waals surface area (Å²) in [6.45, 7) is 5.72. The Bertz CT molecular complexity index is 1120. The third-order valence-corrected chi connectivity index (χ3v) is 6.21. The summed E-state index contributed by atoms with van der Waals surface area (Å²) in [6.07, 6.45) is 4.69. The topological polar surface area (TPSA) is 54.5 Å². The first-order chi connectivity index (χ1) is 16.2. The molecule has 0 amide bonds. The van der Waals surface area contributed by atoms with Gasteiger partial charge in [0.25, 0.3) is 0 Å². The zero-order valence-corrected chi connectivity index (χ0v) is 19.4. The molecule has 170 valence electrons. The molecule has 0 spiro atoms. The molecular weight excluding hydrogens is 410 g/mol. The van der Waals surface area contributed by atoms with Crippen molar-refractivity contribution in [1.82, 2.24) is 9.88 Å². The maximum absolute atomic E-state index is 12.0. The Morgan fingerprint density at radius 2 is 1.91 bits per heavy atom. The van der Waals surface area contributed by atoms with Crippen molar-refractivity contribution in [1.29, 1.82) is 0 Å². The fraction of sp³-hybridized carbons (Fsp3) is 0.286. The van der Waals surface area contributed by atoms with Gasteiger partial charge in [0.1, 0.15) is 12.4 Å². The second-order valence-corrected chi connectivity index (χ2v) is 8.19. The highest BCUT2D eigenvalue weighted by atomic mass is 16.5. The normalized spacial score (nSPS) is 14.0. The van der Waals surface area contributed by atoms with E-state index in [0.717, 1.165) is 66.8 Å². The van der Waals surface area contributed by atoms with Gasteiger partial charge in [-0.1, -0.05) is 49.4 Å². The van der Waals surface area contributed by atoms with Gasteiger partial charge in [-0.3, -0.25) is 9.78 Å². The number of aldehydes is 1. The number of anilines is 1. The minimum Gasteiger partial charge on any atom is -0.487 e. The second kappa shape index (κ2) is 10.9. The standard InChI is InChI=1S/C28H31N3O2/c1-3-31(17-14-23-8-6-7-15-30-23)16-13-21-11-12-24-22(18-21)20-33-28(24)26(19-32)25-9-4-5-10-27(25)29-2/h4-12,15,18-19,29H,3,13-14,16-17,20H2,1-2H3/b28-26-. The lowest BCUT2D eigenvalue weighted by atomic mass is 9.97. The van der Waals surface area contributed by atoms with Crippen molar-refractivity contribution in [2.45, 2.75) is 26.4 Å². The highest BCUT2D eigenvalue weighted by Gasteiger charge is 2.23. The van der Waals surface area contributed by atoms with Crippen molar-refractivity contribution in [2.75, 3.05) is 32.0 Å². The van der Waals surface area contributed by atoms with Crippen molar-refractivity contribution in [3.8, 4) is 0 Å². The van der Waals surface area contributed by atoms with Crippen LogP contribution in [-0.2, 0) is 29.0 Å². The van der Waals surface area contributed by atoms with Crippen molar-refractivity contribution in [2.24, 2.45) is 0 Å². The minimum absolute atomic E-state index is 0.495. The van der Waals surface area contributed by atoms with Crippen LogP contribution in [-0.4, -0.2) is 42.9 Å². The molecule has 1 aliphatic heterocycles. The van der Waals surface area contributed by atoms with Crippen LogP contribution in [0, 0.1) is 0 Å². The van der Waals surface area contributed by atoms with Gasteiger partial charge < -0.3 is 15.0 Å². The number of para-hydroxylation sites is 1. The molecule has 0 unspecified atom stereocenters. The summed E-state index contributed by atoms with van der Waals surface area (Å²) in [5, 5.41) is 3.16. The fourth-order valence-electron chi connectivity index (χ4n) is 4.30.